The predicted molar refractivity (Wildman–Crippen MR) is 70.2 cm³/mol. The van der Waals surface area contributed by atoms with Crippen LogP contribution in [0.1, 0.15) is 30.9 Å². The van der Waals surface area contributed by atoms with E-state index in [4.69, 9.17) is 10.5 Å². The fourth-order valence-corrected chi connectivity index (χ4v) is 4.79. The van der Waals surface area contributed by atoms with E-state index in [1.807, 2.05) is 0 Å². The smallest absolute Gasteiger partial charge is 0.0768 e. The Morgan fingerprint density at radius 2 is 2.27 bits per heavy atom. The lowest BCUT2D eigenvalue weighted by Gasteiger charge is -2.27. The number of hydrogen-bond donors (Lipinski definition) is 1. The van der Waals surface area contributed by atoms with Crippen LogP contribution in [0.25, 0.3) is 0 Å². The summed E-state index contributed by atoms with van der Waals surface area (Å²) in [7, 11) is 0. The number of nitrogens with two attached hydrogens (primary N) is 1. The van der Waals surface area contributed by atoms with Crippen LogP contribution in [0.4, 0.5) is 0 Å². The first kappa shape index (κ1) is 12.0. The van der Waals surface area contributed by atoms with Crippen molar-refractivity contribution in [3.63, 3.8) is 0 Å². The number of hydrogen-bond acceptors (Lipinski definition) is 3. The zero-order chi connectivity index (χ0) is 10.8. The van der Waals surface area contributed by atoms with Gasteiger partial charge >= 0.3 is 0 Å². The average Bonchev–Trinajstić information content (AvgIpc) is 2.58. The molecule has 0 bridgehead atoms. The molecule has 1 fully saturated rings. The van der Waals surface area contributed by atoms with Crippen LogP contribution in [0.2, 0.25) is 0 Å². The molecule has 0 spiro atoms. The highest BCUT2D eigenvalue weighted by atomic mass is 79.9. The predicted octanol–water partition coefficient (Wildman–Crippen LogP) is 3.84. The minimum absolute atomic E-state index is 0.0118. The molecule has 2 unspecified atom stereocenters. The molecular weight excluding hydrogens is 342 g/mol. The third-order valence-corrected chi connectivity index (χ3v) is 5.04. The molecule has 1 aromatic rings. The van der Waals surface area contributed by atoms with Gasteiger partial charge in [-0.2, -0.15) is 0 Å². The van der Waals surface area contributed by atoms with E-state index in [-0.39, 0.29) is 12.1 Å². The number of ether oxygens (including phenoxy) is 1. The van der Waals surface area contributed by atoms with Crippen molar-refractivity contribution in [2.75, 3.05) is 6.61 Å². The Labute approximate surface area is 110 Å². The molecule has 1 aliphatic heterocycles. The molecule has 1 saturated heterocycles. The van der Waals surface area contributed by atoms with Crippen molar-refractivity contribution in [1.82, 2.24) is 0 Å². The molecule has 0 saturated carbocycles. The zero-order valence-corrected chi connectivity index (χ0v) is 12.2. The molecule has 2 heterocycles. The van der Waals surface area contributed by atoms with Crippen molar-refractivity contribution in [3.8, 4) is 0 Å². The fourth-order valence-electron chi connectivity index (χ4n) is 1.83. The lowest BCUT2D eigenvalue weighted by molar-refractivity contribution is -0.0000305. The third kappa shape index (κ3) is 2.82. The normalized spacial score (nSPS) is 24.1. The van der Waals surface area contributed by atoms with Crippen molar-refractivity contribution >= 4 is 43.2 Å². The largest absolute Gasteiger partial charge is 0.376 e. The van der Waals surface area contributed by atoms with E-state index in [2.05, 4.69) is 37.9 Å². The average molecular weight is 355 g/mol. The molecule has 2 atom stereocenters. The van der Waals surface area contributed by atoms with Gasteiger partial charge in [-0.1, -0.05) is 0 Å². The summed E-state index contributed by atoms with van der Waals surface area (Å²) in [6, 6.07) is 2.07. The molecule has 0 amide bonds. The molecule has 1 aromatic heterocycles. The highest BCUT2D eigenvalue weighted by molar-refractivity contribution is 9.12. The Balaban J connectivity index is 2.12. The summed E-state index contributed by atoms with van der Waals surface area (Å²) in [5.74, 6) is 0. The first-order valence-corrected chi connectivity index (χ1v) is 7.40. The van der Waals surface area contributed by atoms with Crippen LogP contribution < -0.4 is 5.73 Å². The maximum atomic E-state index is 6.21. The lowest BCUT2D eigenvalue weighted by Crippen LogP contribution is -2.31. The minimum atomic E-state index is -0.0118. The molecule has 0 aromatic carbocycles. The Hall–Kier alpha value is 0.580. The van der Waals surface area contributed by atoms with Crippen molar-refractivity contribution in [1.29, 1.82) is 0 Å². The van der Waals surface area contributed by atoms with Crippen LogP contribution in [0.5, 0.6) is 0 Å². The summed E-state index contributed by atoms with van der Waals surface area (Å²) in [6.45, 7) is 0.849. The fraction of sp³-hybridized carbons (Fsp3) is 0.600. The number of halogens is 2. The van der Waals surface area contributed by atoms with Gasteiger partial charge in [-0.05, 0) is 62.8 Å². The number of rotatable bonds is 2. The molecule has 84 valence electrons. The third-order valence-electron chi connectivity index (χ3n) is 2.66. The molecule has 2 nitrogen and oxygen atoms in total. The van der Waals surface area contributed by atoms with E-state index in [1.165, 1.54) is 6.42 Å². The summed E-state index contributed by atoms with van der Waals surface area (Å²) in [5.41, 5.74) is 7.37. The second-order valence-corrected chi connectivity index (χ2v) is 7.46. The SMILES string of the molecule is NC(c1cc(Br)sc1Br)C1CCCCO1. The van der Waals surface area contributed by atoms with Crippen LogP contribution in [-0.4, -0.2) is 12.7 Å². The van der Waals surface area contributed by atoms with E-state index in [1.54, 1.807) is 11.3 Å². The Kier molecular flexibility index (Phi) is 4.24. The van der Waals surface area contributed by atoms with Crippen molar-refractivity contribution in [2.24, 2.45) is 5.73 Å². The highest BCUT2D eigenvalue weighted by Gasteiger charge is 2.25. The zero-order valence-electron chi connectivity index (χ0n) is 8.21. The van der Waals surface area contributed by atoms with Crippen molar-refractivity contribution in [3.05, 3.63) is 19.2 Å². The van der Waals surface area contributed by atoms with Crippen LogP contribution in [0.3, 0.4) is 0 Å². The standard InChI is InChI=1S/C10H13Br2NOS/c11-8-5-6(10(12)15-8)9(13)7-3-1-2-4-14-7/h5,7,9H,1-4,13H2. The van der Waals surface area contributed by atoms with Crippen LogP contribution >= 0.6 is 43.2 Å². The van der Waals surface area contributed by atoms with Gasteiger partial charge in [0.2, 0.25) is 0 Å². The molecule has 0 aliphatic carbocycles. The van der Waals surface area contributed by atoms with E-state index < -0.39 is 0 Å². The van der Waals surface area contributed by atoms with Gasteiger partial charge < -0.3 is 10.5 Å². The summed E-state index contributed by atoms with van der Waals surface area (Å²) < 4.78 is 7.92. The van der Waals surface area contributed by atoms with Gasteiger partial charge in [0.1, 0.15) is 0 Å². The van der Waals surface area contributed by atoms with Gasteiger partial charge in [0.25, 0.3) is 0 Å². The van der Waals surface area contributed by atoms with Crippen molar-refractivity contribution < 1.29 is 4.74 Å². The van der Waals surface area contributed by atoms with E-state index in [0.29, 0.717) is 0 Å². The summed E-state index contributed by atoms with van der Waals surface area (Å²) in [6.07, 6.45) is 3.64. The quantitative estimate of drug-likeness (QED) is 0.875. The van der Waals surface area contributed by atoms with Crippen LogP contribution in [0.15, 0.2) is 13.6 Å². The van der Waals surface area contributed by atoms with E-state index in [9.17, 15) is 0 Å². The second-order valence-electron chi connectivity index (χ2n) is 3.71. The lowest BCUT2D eigenvalue weighted by atomic mass is 9.99. The summed E-state index contributed by atoms with van der Waals surface area (Å²) in [5, 5.41) is 0. The minimum Gasteiger partial charge on any atom is -0.376 e. The molecule has 15 heavy (non-hydrogen) atoms. The van der Waals surface area contributed by atoms with Crippen molar-refractivity contribution in [2.45, 2.75) is 31.4 Å². The maximum Gasteiger partial charge on any atom is 0.0768 e. The first-order chi connectivity index (χ1) is 7.18. The van der Waals surface area contributed by atoms with Gasteiger partial charge in [0, 0.05) is 6.61 Å². The van der Waals surface area contributed by atoms with Gasteiger partial charge in [-0.15, -0.1) is 11.3 Å². The molecule has 2 N–H and O–H groups in total. The second kappa shape index (κ2) is 5.27. The summed E-state index contributed by atoms with van der Waals surface area (Å²) in [4.78, 5) is 0. The Morgan fingerprint density at radius 3 is 2.80 bits per heavy atom. The van der Waals surface area contributed by atoms with Gasteiger partial charge in [-0.3, -0.25) is 0 Å². The molecule has 1 aliphatic rings. The molecule has 5 heteroatoms. The van der Waals surface area contributed by atoms with Crippen LogP contribution in [-0.2, 0) is 4.74 Å². The van der Waals surface area contributed by atoms with E-state index >= 15 is 0 Å². The van der Waals surface area contributed by atoms with Gasteiger partial charge in [-0.25, -0.2) is 0 Å². The van der Waals surface area contributed by atoms with Gasteiger partial charge in [0.05, 0.1) is 19.7 Å². The monoisotopic (exact) mass is 353 g/mol. The Bertz CT molecular complexity index is 336. The van der Waals surface area contributed by atoms with E-state index in [0.717, 1.165) is 32.6 Å². The molecular formula is C10H13Br2NOS. The maximum absolute atomic E-state index is 6.21. The first-order valence-electron chi connectivity index (χ1n) is 5.00. The molecule has 2 rings (SSSR count). The van der Waals surface area contributed by atoms with Crippen LogP contribution in [0, 0.1) is 0 Å². The Morgan fingerprint density at radius 1 is 1.47 bits per heavy atom. The molecule has 0 radical (unpaired) electrons. The topological polar surface area (TPSA) is 35.2 Å². The highest BCUT2D eigenvalue weighted by Crippen LogP contribution is 2.37. The summed E-state index contributed by atoms with van der Waals surface area (Å²) >= 11 is 8.66. The number of thiophene rings is 1. The van der Waals surface area contributed by atoms with Gasteiger partial charge in [0.15, 0.2) is 0 Å².